The van der Waals surface area contributed by atoms with Crippen LogP contribution in [0.25, 0.3) is 0 Å². The lowest BCUT2D eigenvalue weighted by Crippen LogP contribution is -2.54. The van der Waals surface area contributed by atoms with Crippen LogP contribution in [0.4, 0.5) is 0 Å². The van der Waals surface area contributed by atoms with Gasteiger partial charge in [-0.25, -0.2) is 0 Å². The first-order valence-corrected chi connectivity index (χ1v) is 5.10. The fourth-order valence-electron chi connectivity index (χ4n) is 1.68. The molecule has 2 aliphatic rings. The molecule has 2 saturated carbocycles. The van der Waals surface area contributed by atoms with Crippen LogP contribution in [-0.2, 0) is 14.4 Å². The fraction of sp³-hybridized carbons (Fsp3) is 0.600. The Hall–Kier alpha value is -1.23. The Morgan fingerprint density at radius 3 is 2.60 bits per heavy atom. The molecule has 0 heterocycles. The van der Waals surface area contributed by atoms with E-state index in [-0.39, 0.29) is 12.2 Å². The maximum atomic E-state index is 11.2. The third-order valence-electron chi connectivity index (χ3n) is 2.75. The van der Waals surface area contributed by atoms with Crippen molar-refractivity contribution in [3.8, 4) is 0 Å². The van der Waals surface area contributed by atoms with Gasteiger partial charge in [0.1, 0.15) is 6.04 Å². The van der Waals surface area contributed by atoms with Crippen molar-refractivity contribution < 1.29 is 14.4 Å². The summed E-state index contributed by atoms with van der Waals surface area (Å²) >= 11 is 0. The Morgan fingerprint density at radius 2 is 2.07 bits per heavy atom. The molecule has 1 atom stereocenters. The topological polar surface area (TPSA) is 89.3 Å². The van der Waals surface area contributed by atoms with Gasteiger partial charge in [0.2, 0.25) is 17.5 Å². The molecule has 1 amide bonds. The molecular formula is C10H13N2O3. The number of ketones is 2. The summed E-state index contributed by atoms with van der Waals surface area (Å²) in [7, 11) is 0. The third-order valence-corrected chi connectivity index (χ3v) is 2.75. The van der Waals surface area contributed by atoms with Gasteiger partial charge < -0.3 is 5.73 Å². The SMILES string of the molecule is NC(=O)CCC1[C](NC2CC2)C(=O)C1=O. The smallest absolute Gasteiger partial charge is 0.221 e. The van der Waals surface area contributed by atoms with Gasteiger partial charge in [0.15, 0.2) is 0 Å². The highest BCUT2D eigenvalue weighted by Gasteiger charge is 2.50. The van der Waals surface area contributed by atoms with Crippen molar-refractivity contribution in [3.63, 3.8) is 0 Å². The van der Waals surface area contributed by atoms with Crippen molar-refractivity contribution in [2.75, 3.05) is 0 Å². The molecule has 1 radical (unpaired) electrons. The first kappa shape index (κ1) is 10.3. The molecule has 81 valence electrons. The normalized spacial score (nSPS) is 26.5. The highest BCUT2D eigenvalue weighted by atomic mass is 16.2. The van der Waals surface area contributed by atoms with E-state index in [2.05, 4.69) is 5.32 Å². The molecule has 0 aromatic carbocycles. The summed E-state index contributed by atoms with van der Waals surface area (Å²) in [4.78, 5) is 33.0. The molecule has 0 aliphatic heterocycles. The van der Waals surface area contributed by atoms with Crippen molar-refractivity contribution in [2.45, 2.75) is 31.7 Å². The minimum absolute atomic E-state index is 0.152. The van der Waals surface area contributed by atoms with Gasteiger partial charge in [-0.3, -0.25) is 19.7 Å². The molecule has 5 nitrogen and oxygen atoms in total. The predicted molar refractivity (Wildman–Crippen MR) is 51.3 cm³/mol. The fourth-order valence-corrected chi connectivity index (χ4v) is 1.68. The van der Waals surface area contributed by atoms with E-state index >= 15 is 0 Å². The molecule has 0 bridgehead atoms. The molecule has 0 aromatic rings. The molecule has 2 aliphatic carbocycles. The van der Waals surface area contributed by atoms with Gasteiger partial charge in [-0.05, 0) is 19.3 Å². The van der Waals surface area contributed by atoms with E-state index in [1.54, 1.807) is 0 Å². The number of hydrogen-bond acceptors (Lipinski definition) is 4. The lowest BCUT2D eigenvalue weighted by molar-refractivity contribution is -0.145. The quantitative estimate of drug-likeness (QED) is 0.586. The second-order valence-corrected chi connectivity index (χ2v) is 4.08. The molecule has 3 N–H and O–H groups in total. The van der Waals surface area contributed by atoms with Crippen LogP contribution in [0, 0.1) is 12.0 Å². The monoisotopic (exact) mass is 209 g/mol. The average molecular weight is 209 g/mol. The standard InChI is InChI=1S/C10H13N2O3/c11-7(13)4-3-6-8(10(15)9(6)14)12-5-1-2-5/h5-6,12H,1-4H2,(H2,11,13). The number of carbonyl (C=O) groups is 3. The number of hydrogen-bond donors (Lipinski definition) is 2. The summed E-state index contributed by atoms with van der Waals surface area (Å²) in [5, 5.41) is 3.04. The number of carbonyl (C=O) groups excluding carboxylic acids is 3. The maximum Gasteiger partial charge on any atom is 0.221 e. The summed E-state index contributed by atoms with van der Waals surface area (Å²) in [5.41, 5.74) is 4.99. The van der Waals surface area contributed by atoms with Crippen molar-refractivity contribution in [3.05, 3.63) is 6.04 Å². The Balaban J connectivity index is 1.87. The molecule has 2 fully saturated rings. The summed E-state index contributed by atoms with van der Waals surface area (Å²) in [6.45, 7) is 0. The van der Waals surface area contributed by atoms with Crippen LogP contribution < -0.4 is 11.1 Å². The molecule has 1 unspecified atom stereocenters. The lowest BCUT2D eigenvalue weighted by Gasteiger charge is -2.32. The largest absolute Gasteiger partial charge is 0.370 e. The van der Waals surface area contributed by atoms with Gasteiger partial charge in [-0.2, -0.15) is 0 Å². The van der Waals surface area contributed by atoms with E-state index < -0.39 is 17.6 Å². The van der Waals surface area contributed by atoms with Gasteiger partial charge in [0, 0.05) is 12.5 Å². The third kappa shape index (κ3) is 2.07. The number of nitrogens with one attached hydrogen (secondary N) is 1. The summed E-state index contributed by atoms with van der Waals surface area (Å²) in [6, 6.07) is 0.844. The number of rotatable bonds is 5. The van der Waals surface area contributed by atoms with E-state index in [0.717, 1.165) is 12.8 Å². The van der Waals surface area contributed by atoms with E-state index in [4.69, 9.17) is 5.73 Å². The first-order valence-electron chi connectivity index (χ1n) is 5.10. The van der Waals surface area contributed by atoms with Crippen LogP contribution in [0.1, 0.15) is 25.7 Å². The number of primary amides is 1. The Labute approximate surface area is 87.4 Å². The second kappa shape index (κ2) is 3.73. The van der Waals surface area contributed by atoms with Crippen LogP contribution >= 0.6 is 0 Å². The minimum atomic E-state index is -0.437. The highest BCUT2D eigenvalue weighted by Crippen LogP contribution is 2.34. The molecule has 0 aromatic heterocycles. The Kier molecular flexibility index (Phi) is 2.56. The lowest BCUT2D eigenvalue weighted by atomic mass is 9.74. The van der Waals surface area contributed by atoms with Crippen molar-refractivity contribution in [1.29, 1.82) is 0 Å². The summed E-state index contributed by atoms with van der Waals surface area (Å²) in [5.74, 6) is -1.66. The molecular weight excluding hydrogens is 196 g/mol. The minimum Gasteiger partial charge on any atom is -0.370 e. The second-order valence-electron chi connectivity index (χ2n) is 4.08. The van der Waals surface area contributed by atoms with Crippen LogP contribution in [0.5, 0.6) is 0 Å². The van der Waals surface area contributed by atoms with E-state index in [9.17, 15) is 14.4 Å². The van der Waals surface area contributed by atoms with Crippen LogP contribution in [0.3, 0.4) is 0 Å². The molecule has 5 heteroatoms. The molecule has 15 heavy (non-hydrogen) atoms. The van der Waals surface area contributed by atoms with Gasteiger partial charge in [0.25, 0.3) is 0 Å². The zero-order valence-electron chi connectivity index (χ0n) is 8.29. The van der Waals surface area contributed by atoms with Gasteiger partial charge in [0.05, 0.1) is 5.92 Å². The summed E-state index contributed by atoms with van der Waals surface area (Å²) in [6.07, 6.45) is 2.61. The average Bonchev–Trinajstić information content (AvgIpc) is 2.99. The molecule has 2 rings (SSSR count). The van der Waals surface area contributed by atoms with Gasteiger partial charge in [-0.15, -0.1) is 0 Å². The molecule has 0 spiro atoms. The van der Waals surface area contributed by atoms with Gasteiger partial charge in [-0.1, -0.05) is 0 Å². The zero-order chi connectivity index (χ0) is 11.0. The van der Waals surface area contributed by atoms with Crippen molar-refractivity contribution in [1.82, 2.24) is 5.32 Å². The number of amides is 1. The van der Waals surface area contributed by atoms with Crippen LogP contribution in [-0.4, -0.2) is 23.5 Å². The Morgan fingerprint density at radius 1 is 1.40 bits per heavy atom. The van der Waals surface area contributed by atoms with Crippen molar-refractivity contribution in [2.24, 2.45) is 11.7 Å². The molecule has 0 saturated heterocycles. The van der Waals surface area contributed by atoms with E-state index in [1.165, 1.54) is 0 Å². The number of nitrogens with two attached hydrogens (primary N) is 1. The van der Waals surface area contributed by atoms with E-state index in [1.807, 2.05) is 0 Å². The van der Waals surface area contributed by atoms with E-state index in [0.29, 0.717) is 18.5 Å². The maximum absolute atomic E-state index is 11.2. The van der Waals surface area contributed by atoms with Gasteiger partial charge >= 0.3 is 0 Å². The Bertz CT molecular complexity index is 323. The predicted octanol–water partition coefficient (Wildman–Crippen LogP) is -0.696. The zero-order valence-corrected chi connectivity index (χ0v) is 8.29. The summed E-state index contributed by atoms with van der Waals surface area (Å²) < 4.78 is 0. The highest BCUT2D eigenvalue weighted by molar-refractivity contribution is 6.51. The van der Waals surface area contributed by atoms with Crippen molar-refractivity contribution >= 4 is 17.5 Å². The first-order chi connectivity index (χ1) is 7.09. The van der Waals surface area contributed by atoms with Crippen LogP contribution in [0.2, 0.25) is 0 Å². The number of Topliss-reactive ketones (excluding diaryl/α,β-unsaturated/α-hetero) is 2. The van der Waals surface area contributed by atoms with Crippen LogP contribution in [0.15, 0.2) is 0 Å².